The van der Waals surface area contributed by atoms with Crippen LogP contribution in [-0.4, -0.2) is 37.0 Å². The smallest absolute Gasteiger partial charge is 0.115 e. The van der Waals surface area contributed by atoms with E-state index in [1.807, 2.05) is 12.1 Å². The van der Waals surface area contributed by atoms with Crippen molar-refractivity contribution in [2.45, 2.75) is 143 Å². The number of likely N-dealkylation sites (N-methyl/N-ethyl adjacent to an activating group) is 1. The van der Waals surface area contributed by atoms with Crippen molar-refractivity contribution in [3.05, 3.63) is 77.2 Å². The van der Waals surface area contributed by atoms with Gasteiger partial charge in [-0.05, 0) is 101 Å². The number of hydrogen-bond acceptors (Lipinski definition) is 5. The molecule has 1 atom stereocenters. The molecule has 260 valence electrons. The summed E-state index contributed by atoms with van der Waals surface area (Å²) in [6, 6.07) is 7.42. The molecule has 3 rings (SSSR count). The number of allylic oxidation sites excluding steroid dienone is 4. The highest BCUT2D eigenvalue weighted by molar-refractivity contribution is 5.52. The predicted molar refractivity (Wildman–Crippen MR) is 203 cm³/mol. The van der Waals surface area contributed by atoms with Crippen molar-refractivity contribution in [1.29, 1.82) is 5.41 Å². The van der Waals surface area contributed by atoms with Gasteiger partial charge in [0, 0.05) is 18.6 Å². The molecule has 1 saturated carbocycles. The number of benzene rings is 1. The molecule has 5 N–H and O–H groups in total. The second-order valence-corrected chi connectivity index (χ2v) is 13.1. The third kappa shape index (κ3) is 17.2. The topological polar surface area (TPSA) is 80.2 Å². The molecule has 0 aliphatic heterocycles. The zero-order valence-electron chi connectivity index (χ0n) is 30.6. The summed E-state index contributed by atoms with van der Waals surface area (Å²) in [4.78, 5) is 0. The van der Waals surface area contributed by atoms with Gasteiger partial charge < -0.3 is 26.5 Å². The maximum Gasteiger partial charge on any atom is 0.115 e. The molecule has 46 heavy (non-hydrogen) atoms. The maximum absolute atomic E-state index is 9.32. The Morgan fingerprint density at radius 1 is 0.978 bits per heavy atom. The van der Waals surface area contributed by atoms with Crippen molar-refractivity contribution in [2.24, 2.45) is 5.92 Å². The molecule has 1 fully saturated rings. The Hall–Kier alpha value is -2.79. The zero-order chi connectivity index (χ0) is 34.0. The molecule has 0 saturated heterocycles. The molecule has 0 radical (unpaired) electrons. The van der Waals surface area contributed by atoms with Gasteiger partial charge in [0.05, 0.1) is 5.82 Å². The van der Waals surface area contributed by atoms with Gasteiger partial charge >= 0.3 is 0 Å². The van der Waals surface area contributed by atoms with E-state index in [2.05, 4.69) is 82.4 Å². The van der Waals surface area contributed by atoms with E-state index in [1.165, 1.54) is 93.6 Å². The number of phenolic OH excluding ortho intramolecular Hbond substituents is 1. The first kappa shape index (κ1) is 41.2. The molecule has 1 aromatic carbocycles. The summed E-state index contributed by atoms with van der Waals surface area (Å²) in [6.07, 6.45) is 28.0. The molecule has 1 unspecified atom stereocenters. The minimum Gasteiger partial charge on any atom is -0.508 e. The monoisotopic (exact) mass is 635 g/mol. The van der Waals surface area contributed by atoms with Crippen molar-refractivity contribution in [3.8, 4) is 5.75 Å². The van der Waals surface area contributed by atoms with E-state index in [0.717, 1.165) is 56.9 Å². The lowest BCUT2D eigenvalue weighted by molar-refractivity contribution is 0.241. The molecule has 2 aliphatic rings. The molecular weight excluding hydrogens is 564 g/mol. The molecule has 0 amide bonds. The first-order chi connectivity index (χ1) is 22.3. The SMILES string of the molecule is C=C(C)C(CCCC)(CC1CCCCC1)NC.CC/C=C(/NCCc1ccc(O)cc1)NCC1=CC=C(CC)CC1.CCCC=N. The van der Waals surface area contributed by atoms with Gasteiger partial charge in [-0.2, -0.15) is 0 Å². The lowest BCUT2D eigenvalue weighted by Crippen LogP contribution is -2.45. The standard InChI is InChI=1S/C21H30N2O.C16H31N.C4H9N/c1-3-5-21(22-15-14-18-10-12-20(24)13-11-18)23-16-19-8-6-17(4-2)7-9-19;1-5-6-12-16(17-4,14(2)3)13-15-10-8-7-9-11-15;1-2-3-4-5/h5-6,8,10-13,22-24H,3-4,7,9,14-16H2,1-2H3;15,17H,2,5-13H2,1,3-4H3;4-5H,2-3H2,1H3/b21-5-;;. The fourth-order valence-electron chi connectivity index (χ4n) is 6.23. The molecular formula is C41H70N4O. The molecule has 5 heteroatoms. The summed E-state index contributed by atoms with van der Waals surface area (Å²) in [6.45, 7) is 17.0. The van der Waals surface area contributed by atoms with Crippen LogP contribution in [0.5, 0.6) is 5.75 Å². The van der Waals surface area contributed by atoms with Gasteiger partial charge in [0.25, 0.3) is 0 Å². The fourth-order valence-corrected chi connectivity index (χ4v) is 6.23. The minimum absolute atomic E-state index is 0.206. The van der Waals surface area contributed by atoms with Crippen molar-refractivity contribution in [3.63, 3.8) is 0 Å². The van der Waals surface area contributed by atoms with Crippen molar-refractivity contribution < 1.29 is 5.11 Å². The lowest BCUT2D eigenvalue weighted by atomic mass is 9.74. The fraction of sp³-hybridized carbons (Fsp3) is 0.634. The second-order valence-electron chi connectivity index (χ2n) is 13.1. The summed E-state index contributed by atoms with van der Waals surface area (Å²) in [5.74, 6) is 2.35. The largest absolute Gasteiger partial charge is 0.508 e. The molecule has 2 aliphatic carbocycles. The van der Waals surface area contributed by atoms with E-state index >= 15 is 0 Å². The quantitative estimate of drug-likeness (QED) is 0.0822. The van der Waals surface area contributed by atoms with E-state index < -0.39 is 0 Å². The van der Waals surface area contributed by atoms with Crippen LogP contribution in [0.15, 0.2) is 71.6 Å². The van der Waals surface area contributed by atoms with Crippen LogP contribution < -0.4 is 16.0 Å². The van der Waals surface area contributed by atoms with Crippen LogP contribution in [-0.2, 0) is 6.42 Å². The normalized spacial score (nSPS) is 16.3. The van der Waals surface area contributed by atoms with Crippen LogP contribution in [0.1, 0.15) is 136 Å². The average molecular weight is 635 g/mol. The number of unbranched alkanes of at least 4 members (excludes halogenated alkanes) is 2. The molecule has 0 aromatic heterocycles. The van der Waals surface area contributed by atoms with Gasteiger partial charge in [-0.3, -0.25) is 0 Å². The van der Waals surface area contributed by atoms with Crippen LogP contribution in [0.2, 0.25) is 0 Å². The molecule has 0 spiro atoms. The van der Waals surface area contributed by atoms with Crippen molar-refractivity contribution >= 4 is 6.21 Å². The summed E-state index contributed by atoms with van der Waals surface area (Å²) in [5, 5.41) is 26.4. The number of nitrogens with one attached hydrogen (secondary N) is 4. The Kier molecular flexibility index (Phi) is 22.7. The Bertz CT molecular complexity index is 1050. The Labute approximate surface area is 284 Å². The van der Waals surface area contributed by atoms with Gasteiger partial charge in [-0.1, -0.05) is 127 Å². The Morgan fingerprint density at radius 2 is 1.65 bits per heavy atom. The average Bonchev–Trinajstić information content (AvgIpc) is 3.08. The maximum atomic E-state index is 9.32. The van der Waals surface area contributed by atoms with Gasteiger partial charge in [-0.15, -0.1) is 0 Å². The molecule has 0 heterocycles. The van der Waals surface area contributed by atoms with Crippen LogP contribution in [0.3, 0.4) is 0 Å². The first-order valence-corrected chi connectivity index (χ1v) is 18.4. The van der Waals surface area contributed by atoms with Gasteiger partial charge in [0.2, 0.25) is 0 Å². The van der Waals surface area contributed by atoms with Gasteiger partial charge in [0.15, 0.2) is 0 Å². The van der Waals surface area contributed by atoms with E-state index in [4.69, 9.17) is 5.41 Å². The van der Waals surface area contributed by atoms with E-state index in [-0.39, 0.29) is 5.54 Å². The summed E-state index contributed by atoms with van der Waals surface area (Å²) < 4.78 is 0. The third-order valence-electron chi connectivity index (χ3n) is 9.40. The Morgan fingerprint density at radius 3 is 2.15 bits per heavy atom. The second kappa shape index (κ2) is 25.3. The highest BCUT2D eigenvalue weighted by atomic mass is 16.3. The minimum atomic E-state index is 0.206. The van der Waals surface area contributed by atoms with E-state index in [0.29, 0.717) is 5.75 Å². The first-order valence-electron chi connectivity index (χ1n) is 18.4. The molecule has 0 bridgehead atoms. The van der Waals surface area contributed by atoms with Crippen molar-refractivity contribution in [1.82, 2.24) is 16.0 Å². The van der Waals surface area contributed by atoms with Crippen LogP contribution in [0, 0.1) is 11.3 Å². The van der Waals surface area contributed by atoms with Crippen molar-refractivity contribution in [2.75, 3.05) is 20.1 Å². The molecule has 1 aromatic rings. The number of rotatable bonds is 18. The van der Waals surface area contributed by atoms with Crippen LogP contribution >= 0.6 is 0 Å². The summed E-state index contributed by atoms with van der Waals surface area (Å²) in [7, 11) is 2.12. The third-order valence-corrected chi connectivity index (χ3v) is 9.40. The highest BCUT2D eigenvalue weighted by Crippen LogP contribution is 2.36. The van der Waals surface area contributed by atoms with E-state index in [1.54, 1.807) is 17.7 Å². The van der Waals surface area contributed by atoms with Gasteiger partial charge in [-0.25, -0.2) is 0 Å². The molecule has 5 nitrogen and oxygen atoms in total. The summed E-state index contributed by atoms with van der Waals surface area (Å²) >= 11 is 0. The predicted octanol–water partition coefficient (Wildman–Crippen LogP) is 10.5. The Balaban J connectivity index is 0.000000419. The van der Waals surface area contributed by atoms with Crippen LogP contribution in [0.4, 0.5) is 0 Å². The van der Waals surface area contributed by atoms with Gasteiger partial charge in [0.1, 0.15) is 5.75 Å². The number of phenols is 1. The number of aromatic hydroxyl groups is 1. The number of hydrogen-bond donors (Lipinski definition) is 5. The van der Waals surface area contributed by atoms with Crippen LogP contribution in [0.25, 0.3) is 0 Å². The highest BCUT2D eigenvalue weighted by Gasteiger charge is 2.32. The zero-order valence-corrected chi connectivity index (χ0v) is 30.6. The van der Waals surface area contributed by atoms with E-state index in [9.17, 15) is 5.11 Å². The lowest BCUT2D eigenvalue weighted by Gasteiger charge is -2.39. The summed E-state index contributed by atoms with van der Waals surface area (Å²) in [5.41, 5.74) is 5.78.